The van der Waals surface area contributed by atoms with Gasteiger partial charge in [0.1, 0.15) is 17.7 Å². The average Bonchev–Trinajstić information content (AvgIpc) is 3.53. The van der Waals surface area contributed by atoms with Gasteiger partial charge in [-0.3, -0.25) is 0 Å². The number of carbonyl (C=O) groups is 2. The van der Waals surface area contributed by atoms with Crippen molar-refractivity contribution in [2.24, 2.45) is 0 Å². The minimum Gasteiger partial charge on any atom is -0.443 e. The summed E-state index contributed by atoms with van der Waals surface area (Å²) in [4.78, 5) is 39.5. The Balaban J connectivity index is 1.32. The lowest BCUT2D eigenvalue weighted by Crippen LogP contribution is -2.32. The molecule has 0 saturated carbocycles. The molecule has 4 rings (SSSR count). The average molecular weight is 571 g/mol. The van der Waals surface area contributed by atoms with Crippen molar-refractivity contribution in [3.8, 4) is 0 Å². The van der Waals surface area contributed by atoms with E-state index in [0.717, 1.165) is 37.3 Å². The van der Waals surface area contributed by atoms with Gasteiger partial charge in [-0.05, 0) is 67.7 Å². The van der Waals surface area contributed by atoms with Gasteiger partial charge >= 0.3 is 12.1 Å². The van der Waals surface area contributed by atoms with E-state index >= 15 is 0 Å². The van der Waals surface area contributed by atoms with Gasteiger partial charge in [-0.2, -0.15) is 4.98 Å². The lowest BCUT2D eigenvalue weighted by atomic mass is 10.2. The number of benzene rings is 1. The Hall–Kier alpha value is -3.67. The fraction of sp³-hybridized carbons (Fsp3) is 0.400. The third kappa shape index (κ3) is 7.66. The van der Waals surface area contributed by atoms with Crippen molar-refractivity contribution in [2.75, 3.05) is 35.6 Å². The maximum absolute atomic E-state index is 12.4. The highest BCUT2D eigenvalue weighted by molar-refractivity contribution is 9.10. The van der Waals surface area contributed by atoms with E-state index in [0.29, 0.717) is 34.9 Å². The molecule has 0 unspecified atom stereocenters. The first-order valence-electron chi connectivity index (χ1n) is 12.1. The number of imidazole rings is 1. The minimum absolute atomic E-state index is 0.0862. The summed E-state index contributed by atoms with van der Waals surface area (Å²) in [6, 6.07) is 7.34. The van der Waals surface area contributed by atoms with Gasteiger partial charge in [0.05, 0.1) is 10.2 Å². The number of hydrogen-bond acceptors (Lipinski definition) is 8. The number of nitrogens with one attached hydrogen (secondary N) is 3. The van der Waals surface area contributed by atoms with E-state index in [1.807, 2.05) is 49.9 Å². The second-order valence-corrected chi connectivity index (χ2v) is 10.5. The standard InChI is InChI=1S/C25H31BrN8O3/c1-25(2,3)37-24(36)34-15-19(29-16-34)9-10-27-21-20(26)14-28-22(32-21)30-17-7-6-8-18(13-17)31-23(35)33-11-4-5-12-33/h6-8,13-16H,4-5,9-12H2,1-3H3,(H,31,35)(H2,27,28,30,32). The molecule has 0 aliphatic carbocycles. The third-order valence-electron chi connectivity index (χ3n) is 5.42. The summed E-state index contributed by atoms with van der Waals surface area (Å²) in [5, 5.41) is 9.39. The van der Waals surface area contributed by atoms with Crippen LogP contribution in [0, 0.1) is 0 Å². The van der Waals surface area contributed by atoms with E-state index in [1.54, 1.807) is 12.4 Å². The molecule has 0 spiro atoms. The fourth-order valence-electron chi connectivity index (χ4n) is 3.69. The summed E-state index contributed by atoms with van der Waals surface area (Å²) in [6.45, 7) is 7.58. The zero-order chi connectivity index (χ0) is 26.4. The zero-order valence-electron chi connectivity index (χ0n) is 21.1. The molecule has 3 heterocycles. The van der Waals surface area contributed by atoms with Crippen molar-refractivity contribution in [3.63, 3.8) is 0 Å². The summed E-state index contributed by atoms with van der Waals surface area (Å²) in [7, 11) is 0. The number of ether oxygens (including phenoxy) is 1. The lowest BCUT2D eigenvalue weighted by Gasteiger charge is -2.19. The van der Waals surface area contributed by atoms with Crippen LogP contribution < -0.4 is 16.0 Å². The molecule has 0 radical (unpaired) electrons. The van der Waals surface area contributed by atoms with Crippen LogP contribution in [-0.2, 0) is 11.2 Å². The molecule has 1 aliphatic rings. The van der Waals surface area contributed by atoms with E-state index in [9.17, 15) is 9.59 Å². The van der Waals surface area contributed by atoms with Gasteiger partial charge in [0.15, 0.2) is 0 Å². The molecule has 37 heavy (non-hydrogen) atoms. The predicted molar refractivity (Wildman–Crippen MR) is 145 cm³/mol. The number of likely N-dealkylation sites (tertiary alicyclic amines) is 1. The van der Waals surface area contributed by atoms with Gasteiger partial charge in [-0.1, -0.05) is 6.07 Å². The number of amides is 2. The highest BCUT2D eigenvalue weighted by Gasteiger charge is 2.19. The smallest absolute Gasteiger partial charge is 0.419 e. The topological polar surface area (TPSA) is 126 Å². The second-order valence-electron chi connectivity index (χ2n) is 9.65. The molecule has 2 amide bonds. The van der Waals surface area contributed by atoms with Crippen LogP contribution in [0.5, 0.6) is 0 Å². The zero-order valence-corrected chi connectivity index (χ0v) is 22.7. The van der Waals surface area contributed by atoms with E-state index in [-0.39, 0.29) is 6.03 Å². The molecule has 0 bridgehead atoms. The first-order valence-corrected chi connectivity index (χ1v) is 12.9. The van der Waals surface area contributed by atoms with E-state index in [2.05, 4.69) is 46.8 Å². The molecule has 1 aromatic carbocycles. The minimum atomic E-state index is -0.572. The van der Waals surface area contributed by atoms with Gasteiger partial charge < -0.3 is 25.6 Å². The number of carbonyl (C=O) groups excluding carboxylic acids is 2. The Bertz CT molecular complexity index is 1250. The van der Waals surface area contributed by atoms with E-state index < -0.39 is 11.7 Å². The monoisotopic (exact) mass is 570 g/mol. The molecule has 11 nitrogen and oxygen atoms in total. The molecule has 3 aromatic rings. The number of urea groups is 1. The van der Waals surface area contributed by atoms with Crippen molar-refractivity contribution in [1.29, 1.82) is 0 Å². The van der Waals surface area contributed by atoms with Crippen LogP contribution in [-0.4, -0.2) is 61.8 Å². The molecule has 2 aromatic heterocycles. The molecule has 1 saturated heterocycles. The molecule has 12 heteroatoms. The molecular formula is C25H31BrN8O3. The van der Waals surface area contributed by atoms with E-state index in [1.165, 1.54) is 10.9 Å². The number of rotatable bonds is 7. The van der Waals surface area contributed by atoms with Crippen molar-refractivity contribution in [1.82, 2.24) is 24.4 Å². The summed E-state index contributed by atoms with van der Waals surface area (Å²) in [5.74, 6) is 1.02. The van der Waals surface area contributed by atoms with Crippen LogP contribution in [0.15, 0.2) is 47.5 Å². The quantitative estimate of drug-likeness (QED) is 0.351. The fourth-order valence-corrected chi connectivity index (χ4v) is 4.03. The molecular weight excluding hydrogens is 540 g/mol. The number of anilines is 4. The van der Waals surface area contributed by atoms with Crippen LogP contribution in [0.3, 0.4) is 0 Å². The molecule has 0 atom stereocenters. The number of nitrogens with zero attached hydrogens (tertiary/aromatic N) is 5. The second kappa shape index (κ2) is 11.6. The molecule has 1 fully saturated rings. The first kappa shape index (κ1) is 26.4. The predicted octanol–water partition coefficient (Wildman–Crippen LogP) is 5.24. The van der Waals surface area contributed by atoms with Crippen LogP contribution >= 0.6 is 15.9 Å². The van der Waals surface area contributed by atoms with Crippen LogP contribution in [0.1, 0.15) is 39.3 Å². The SMILES string of the molecule is CC(C)(C)OC(=O)n1cnc(CCNc2nc(Nc3cccc(NC(=O)N4CCCC4)c3)ncc2Br)c1. The van der Waals surface area contributed by atoms with Gasteiger partial charge in [0.2, 0.25) is 5.95 Å². The molecule has 3 N–H and O–H groups in total. The Morgan fingerprint density at radius 1 is 1.14 bits per heavy atom. The van der Waals surface area contributed by atoms with Gasteiger partial charge in [0.25, 0.3) is 0 Å². The third-order valence-corrected chi connectivity index (χ3v) is 6.00. The van der Waals surface area contributed by atoms with Crippen LogP contribution in [0.25, 0.3) is 0 Å². The lowest BCUT2D eigenvalue weighted by molar-refractivity contribution is 0.0536. The normalized spacial score (nSPS) is 13.4. The number of halogens is 1. The summed E-state index contributed by atoms with van der Waals surface area (Å²) >= 11 is 3.48. The van der Waals surface area contributed by atoms with Crippen molar-refractivity contribution in [3.05, 3.63) is 53.2 Å². The summed E-state index contributed by atoms with van der Waals surface area (Å²) in [5.41, 5.74) is 1.62. The van der Waals surface area contributed by atoms with Gasteiger partial charge in [0, 0.05) is 49.8 Å². The van der Waals surface area contributed by atoms with E-state index in [4.69, 9.17) is 4.74 Å². The first-order chi connectivity index (χ1) is 17.7. The Kier molecular flexibility index (Phi) is 8.27. The van der Waals surface area contributed by atoms with Crippen LogP contribution in [0.2, 0.25) is 0 Å². The van der Waals surface area contributed by atoms with Gasteiger partial charge in [-0.25, -0.2) is 24.1 Å². The molecule has 196 valence electrons. The van der Waals surface area contributed by atoms with Crippen molar-refractivity contribution in [2.45, 2.75) is 45.6 Å². The maximum atomic E-state index is 12.4. The van der Waals surface area contributed by atoms with Crippen molar-refractivity contribution >= 4 is 51.2 Å². The number of aromatic nitrogens is 4. The number of hydrogen-bond donors (Lipinski definition) is 3. The largest absolute Gasteiger partial charge is 0.443 e. The molecule has 1 aliphatic heterocycles. The highest BCUT2D eigenvalue weighted by Crippen LogP contribution is 2.23. The summed E-state index contributed by atoms with van der Waals surface area (Å²) in [6.07, 6.45) is 6.97. The Labute approximate surface area is 224 Å². The maximum Gasteiger partial charge on any atom is 0.419 e. The summed E-state index contributed by atoms with van der Waals surface area (Å²) < 4.78 is 7.40. The van der Waals surface area contributed by atoms with Crippen LogP contribution in [0.4, 0.5) is 32.7 Å². The van der Waals surface area contributed by atoms with Gasteiger partial charge in [-0.15, -0.1) is 0 Å². The van der Waals surface area contributed by atoms with Crippen molar-refractivity contribution < 1.29 is 14.3 Å². The Morgan fingerprint density at radius 3 is 2.65 bits per heavy atom. The highest BCUT2D eigenvalue weighted by atomic mass is 79.9. The Morgan fingerprint density at radius 2 is 1.89 bits per heavy atom.